The number of fused-ring (bicyclic) bond motifs is 1. The zero-order valence-corrected chi connectivity index (χ0v) is 16.3. The highest BCUT2D eigenvalue weighted by Crippen LogP contribution is 2.30. The lowest BCUT2D eigenvalue weighted by molar-refractivity contribution is 0.355. The zero-order chi connectivity index (χ0) is 20.0. The lowest BCUT2D eigenvalue weighted by atomic mass is 10.2. The second-order valence-electron chi connectivity index (χ2n) is 5.61. The summed E-state index contributed by atoms with van der Waals surface area (Å²) in [6, 6.07) is 3.12. The number of halogens is 3. The van der Waals surface area contributed by atoms with Crippen molar-refractivity contribution in [3.05, 3.63) is 58.4 Å². The second-order valence-corrected chi connectivity index (χ2v) is 5.99. The third-order valence-electron chi connectivity index (χ3n) is 3.87. The van der Waals surface area contributed by atoms with E-state index in [2.05, 4.69) is 23.0 Å². The van der Waals surface area contributed by atoms with Gasteiger partial charge in [-0.25, -0.2) is 13.8 Å². The van der Waals surface area contributed by atoms with Gasteiger partial charge in [0.25, 0.3) is 0 Å². The monoisotopic (exact) mass is 394 g/mol. The summed E-state index contributed by atoms with van der Waals surface area (Å²) < 4.78 is 35.7. The molecule has 0 amide bonds. The van der Waals surface area contributed by atoms with Gasteiger partial charge in [-0.1, -0.05) is 30.7 Å². The molecule has 0 saturated carbocycles. The summed E-state index contributed by atoms with van der Waals surface area (Å²) >= 11 is 6.21. The summed E-state index contributed by atoms with van der Waals surface area (Å²) in [6.45, 7) is 3.42. The molecule has 0 aliphatic carbocycles. The first-order chi connectivity index (χ1) is 12.9. The van der Waals surface area contributed by atoms with Gasteiger partial charge >= 0.3 is 0 Å². The van der Waals surface area contributed by atoms with Gasteiger partial charge in [0, 0.05) is 35.0 Å². The first kappa shape index (κ1) is 20.7. The average molecular weight is 395 g/mol. The van der Waals surface area contributed by atoms with Gasteiger partial charge in [0.1, 0.15) is 5.65 Å². The van der Waals surface area contributed by atoms with E-state index in [1.807, 2.05) is 18.3 Å². The van der Waals surface area contributed by atoms with E-state index >= 15 is 0 Å². The third-order valence-corrected chi connectivity index (χ3v) is 4.30. The summed E-state index contributed by atoms with van der Waals surface area (Å²) in [7, 11) is 2.63. The highest BCUT2D eigenvalue weighted by atomic mass is 35.5. The number of ether oxygens (including phenoxy) is 2. The number of methoxy groups -OCH3 is 2. The van der Waals surface area contributed by atoms with Gasteiger partial charge in [-0.15, -0.1) is 0 Å². The molecular formula is C20H21ClF2N2O2. The number of aromatic amines is 1. The Morgan fingerprint density at radius 2 is 1.81 bits per heavy atom. The predicted octanol–water partition coefficient (Wildman–Crippen LogP) is 5.93. The van der Waals surface area contributed by atoms with Gasteiger partial charge in [-0.3, -0.25) is 0 Å². The standard InChI is InChI=1S/C11H11ClN2.C9H10F2O2/c1-2-3-4-8-7-14-11-9(10(8)12)5-6-13-11;1-5-8(10)6(12-2)4-7(13-3)9(5)11/h3-7H,2H2,1H3,(H,13,14);4H,1-3H3/b4-3+;. The van der Waals surface area contributed by atoms with Crippen molar-refractivity contribution in [2.75, 3.05) is 14.2 Å². The van der Waals surface area contributed by atoms with Gasteiger partial charge in [0.15, 0.2) is 23.1 Å². The lowest BCUT2D eigenvalue weighted by Crippen LogP contribution is -1.98. The smallest absolute Gasteiger partial charge is 0.171 e. The van der Waals surface area contributed by atoms with Crippen LogP contribution in [0.15, 0.2) is 30.6 Å². The Morgan fingerprint density at radius 3 is 2.37 bits per heavy atom. The van der Waals surface area contributed by atoms with E-state index in [1.165, 1.54) is 27.2 Å². The number of hydrogen-bond donors (Lipinski definition) is 1. The third kappa shape index (κ3) is 4.57. The molecule has 0 aliphatic rings. The summed E-state index contributed by atoms with van der Waals surface area (Å²) in [5, 5.41) is 1.74. The van der Waals surface area contributed by atoms with Crippen molar-refractivity contribution in [3.63, 3.8) is 0 Å². The van der Waals surface area contributed by atoms with E-state index in [1.54, 1.807) is 6.20 Å². The van der Waals surface area contributed by atoms with E-state index in [9.17, 15) is 8.78 Å². The quantitative estimate of drug-likeness (QED) is 0.596. The van der Waals surface area contributed by atoms with Crippen molar-refractivity contribution in [1.82, 2.24) is 9.97 Å². The van der Waals surface area contributed by atoms with Crippen LogP contribution in [0.25, 0.3) is 17.1 Å². The van der Waals surface area contributed by atoms with E-state index in [0.717, 1.165) is 28.0 Å². The highest BCUT2D eigenvalue weighted by Gasteiger charge is 2.15. The van der Waals surface area contributed by atoms with Gasteiger partial charge in [0.2, 0.25) is 0 Å². The Balaban J connectivity index is 0.000000194. The topological polar surface area (TPSA) is 47.1 Å². The molecule has 0 atom stereocenters. The first-order valence-electron chi connectivity index (χ1n) is 8.29. The molecule has 3 aromatic rings. The number of rotatable bonds is 4. The Morgan fingerprint density at radius 1 is 1.19 bits per heavy atom. The predicted molar refractivity (Wildman–Crippen MR) is 105 cm³/mol. The molecule has 2 aromatic heterocycles. The molecule has 0 radical (unpaired) electrons. The lowest BCUT2D eigenvalue weighted by Gasteiger charge is -2.09. The van der Waals surface area contributed by atoms with Crippen LogP contribution < -0.4 is 9.47 Å². The molecule has 0 fully saturated rings. The van der Waals surface area contributed by atoms with Crippen LogP contribution in [0.3, 0.4) is 0 Å². The molecule has 3 rings (SSSR count). The minimum atomic E-state index is -0.694. The van der Waals surface area contributed by atoms with Crippen molar-refractivity contribution in [2.45, 2.75) is 20.3 Å². The fraction of sp³-hybridized carbons (Fsp3) is 0.250. The van der Waals surface area contributed by atoms with Crippen LogP contribution >= 0.6 is 11.6 Å². The fourth-order valence-electron chi connectivity index (χ4n) is 2.36. The zero-order valence-electron chi connectivity index (χ0n) is 15.6. The number of nitrogens with one attached hydrogen (secondary N) is 1. The number of H-pyrrole nitrogens is 1. The fourth-order valence-corrected chi connectivity index (χ4v) is 2.62. The maximum absolute atomic E-state index is 13.2. The van der Waals surface area contributed by atoms with E-state index in [4.69, 9.17) is 21.1 Å². The van der Waals surface area contributed by atoms with Gasteiger partial charge in [0.05, 0.1) is 19.2 Å². The molecule has 0 bridgehead atoms. The Hall–Kier alpha value is -2.60. The maximum atomic E-state index is 13.2. The van der Waals surface area contributed by atoms with E-state index < -0.39 is 11.6 Å². The molecule has 1 aromatic carbocycles. The number of nitrogens with zero attached hydrogens (tertiary/aromatic N) is 1. The second kappa shape index (κ2) is 9.37. The highest BCUT2D eigenvalue weighted by molar-refractivity contribution is 6.36. The summed E-state index contributed by atoms with van der Waals surface area (Å²) in [4.78, 5) is 7.29. The normalized spacial score (nSPS) is 10.8. The van der Waals surface area contributed by atoms with Crippen molar-refractivity contribution < 1.29 is 18.3 Å². The van der Waals surface area contributed by atoms with Crippen LogP contribution in [-0.2, 0) is 0 Å². The summed E-state index contributed by atoms with van der Waals surface area (Å²) in [5.41, 5.74) is 1.71. The molecule has 0 saturated heterocycles. The Kier molecular flexibility index (Phi) is 7.19. The molecule has 144 valence electrons. The molecule has 1 N–H and O–H groups in total. The van der Waals surface area contributed by atoms with E-state index in [0.29, 0.717) is 0 Å². The summed E-state index contributed by atoms with van der Waals surface area (Å²) in [6.07, 6.45) is 8.70. The number of hydrogen-bond acceptors (Lipinski definition) is 3. The number of allylic oxidation sites excluding steroid dienone is 1. The molecule has 0 spiro atoms. The first-order valence-corrected chi connectivity index (χ1v) is 8.67. The van der Waals surface area contributed by atoms with Gasteiger partial charge in [-0.05, 0) is 19.4 Å². The van der Waals surface area contributed by atoms with Crippen molar-refractivity contribution in [2.24, 2.45) is 0 Å². The minimum Gasteiger partial charge on any atom is -0.494 e. The Labute approximate surface area is 161 Å². The molecule has 27 heavy (non-hydrogen) atoms. The maximum Gasteiger partial charge on any atom is 0.171 e. The summed E-state index contributed by atoms with van der Waals surface area (Å²) in [5.74, 6) is -1.42. The van der Waals surface area contributed by atoms with Crippen LogP contribution in [0.4, 0.5) is 8.78 Å². The Bertz CT molecular complexity index is 927. The molecule has 7 heteroatoms. The SMILES string of the molecule is CC/C=C/c1cnc2[nH]ccc2c1Cl.COc1cc(OC)c(F)c(C)c1F. The molecule has 0 unspecified atom stereocenters. The molecule has 4 nitrogen and oxygen atoms in total. The minimum absolute atomic E-state index is 0.0178. The van der Waals surface area contributed by atoms with Crippen molar-refractivity contribution in [1.29, 1.82) is 0 Å². The number of pyridine rings is 1. The van der Waals surface area contributed by atoms with Crippen LogP contribution in [0.5, 0.6) is 11.5 Å². The molecule has 0 aliphatic heterocycles. The van der Waals surface area contributed by atoms with Crippen LogP contribution in [0, 0.1) is 18.6 Å². The van der Waals surface area contributed by atoms with E-state index in [-0.39, 0.29) is 17.1 Å². The van der Waals surface area contributed by atoms with Crippen LogP contribution in [-0.4, -0.2) is 24.2 Å². The number of aromatic nitrogens is 2. The van der Waals surface area contributed by atoms with Crippen LogP contribution in [0.1, 0.15) is 24.5 Å². The number of benzene rings is 1. The largest absolute Gasteiger partial charge is 0.494 e. The van der Waals surface area contributed by atoms with Crippen molar-refractivity contribution in [3.8, 4) is 11.5 Å². The molecular weight excluding hydrogens is 374 g/mol. The van der Waals surface area contributed by atoms with Crippen molar-refractivity contribution >= 4 is 28.7 Å². The average Bonchev–Trinajstić information content (AvgIpc) is 3.16. The van der Waals surface area contributed by atoms with Gasteiger partial charge < -0.3 is 14.5 Å². The van der Waals surface area contributed by atoms with Crippen LogP contribution in [0.2, 0.25) is 5.02 Å². The molecule has 2 heterocycles. The van der Waals surface area contributed by atoms with Gasteiger partial charge in [-0.2, -0.15) is 0 Å².